The minimum atomic E-state index is -0.289. The first-order valence-corrected chi connectivity index (χ1v) is 8.42. The van der Waals surface area contributed by atoms with Gasteiger partial charge in [-0.15, -0.1) is 0 Å². The molecule has 0 aromatic heterocycles. The number of halogens is 2. The summed E-state index contributed by atoms with van der Waals surface area (Å²) in [5.41, 5.74) is 1.83. The molecule has 1 heterocycles. The van der Waals surface area contributed by atoms with Crippen LogP contribution in [-0.4, -0.2) is 30.9 Å². The van der Waals surface area contributed by atoms with Gasteiger partial charge in [-0.3, -0.25) is 4.79 Å². The van der Waals surface area contributed by atoms with Gasteiger partial charge >= 0.3 is 0 Å². The lowest BCUT2D eigenvalue weighted by Crippen LogP contribution is -2.37. The van der Waals surface area contributed by atoms with Gasteiger partial charge in [0.15, 0.2) is 0 Å². The molecule has 0 radical (unpaired) electrons. The van der Waals surface area contributed by atoms with Gasteiger partial charge in [0.05, 0.1) is 12.0 Å². The molecule has 0 spiro atoms. The van der Waals surface area contributed by atoms with Crippen molar-refractivity contribution >= 4 is 17.5 Å². The molecule has 1 saturated heterocycles. The Kier molecular flexibility index (Phi) is 5.17. The predicted octanol–water partition coefficient (Wildman–Crippen LogP) is 3.64. The molecule has 2 unspecified atom stereocenters. The van der Waals surface area contributed by atoms with Crippen LogP contribution in [0.5, 0.6) is 0 Å². The molecule has 1 N–H and O–H groups in total. The maximum Gasteiger partial charge on any atom is 0.227 e. The van der Waals surface area contributed by atoms with Gasteiger partial charge in [-0.25, -0.2) is 4.39 Å². The first kappa shape index (κ1) is 16.9. The molecule has 2 aromatic carbocycles. The first-order valence-electron chi connectivity index (χ1n) is 8.04. The lowest BCUT2D eigenvalue weighted by molar-refractivity contribution is -0.135. The second-order valence-corrected chi connectivity index (χ2v) is 6.58. The summed E-state index contributed by atoms with van der Waals surface area (Å²) in [6.07, 6.45) is 0.847. The topological polar surface area (TPSA) is 32.3 Å². The molecule has 1 aliphatic rings. The Bertz CT molecular complexity index is 651. The Labute approximate surface area is 146 Å². The van der Waals surface area contributed by atoms with E-state index in [1.54, 1.807) is 17.0 Å². The van der Waals surface area contributed by atoms with Crippen LogP contribution >= 0.6 is 11.6 Å². The number of carbonyl (C=O) groups excluding carboxylic acids is 1. The molecule has 1 aliphatic heterocycles. The number of rotatable bonds is 4. The fourth-order valence-electron chi connectivity index (χ4n) is 3.21. The van der Waals surface area contributed by atoms with Crippen LogP contribution in [0.3, 0.4) is 0 Å². The number of carbonyl (C=O) groups is 1. The van der Waals surface area contributed by atoms with Crippen molar-refractivity contribution in [2.45, 2.75) is 12.5 Å². The van der Waals surface area contributed by atoms with Gasteiger partial charge in [0.1, 0.15) is 5.82 Å². The lowest BCUT2D eigenvalue weighted by atomic mass is 9.95. The van der Waals surface area contributed by atoms with Gasteiger partial charge < -0.3 is 10.2 Å². The normalized spacial score (nSPS) is 18.4. The van der Waals surface area contributed by atoms with E-state index in [1.165, 1.54) is 12.1 Å². The molecule has 126 valence electrons. The Balaban J connectivity index is 1.95. The van der Waals surface area contributed by atoms with Crippen LogP contribution in [-0.2, 0) is 4.79 Å². The molecule has 0 bridgehead atoms. The number of hydrogen-bond donors (Lipinski definition) is 1. The molecule has 1 fully saturated rings. The zero-order chi connectivity index (χ0) is 17.1. The summed E-state index contributed by atoms with van der Waals surface area (Å²) in [4.78, 5) is 14.6. The number of amides is 1. The highest BCUT2D eigenvalue weighted by Gasteiger charge is 2.30. The molecule has 3 rings (SSSR count). The van der Waals surface area contributed by atoms with Crippen molar-refractivity contribution in [3.8, 4) is 0 Å². The van der Waals surface area contributed by atoms with E-state index in [-0.39, 0.29) is 23.7 Å². The Hall–Kier alpha value is -1.91. The van der Waals surface area contributed by atoms with E-state index < -0.39 is 0 Å². The molecular weight excluding hydrogens is 327 g/mol. The van der Waals surface area contributed by atoms with E-state index in [0.29, 0.717) is 11.6 Å². The van der Waals surface area contributed by atoms with Crippen molar-refractivity contribution in [3.05, 3.63) is 70.5 Å². The summed E-state index contributed by atoms with van der Waals surface area (Å²) in [7, 11) is 1.81. The summed E-state index contributed by atoms with van der Waals surface area (Å²) >= 11 is 5.99. The standard InChI is InChI=1S/C19H20ClFN2O/c1-23(19(24)15-10-11-22-12-15)18(13-2-6-16(20)7-3-13)14-4-8-17(21)9-5-14/h2-9,15,18,22H,10-12H2,1H3. The monoisotopic (exact) mass is 346 g/mol. The van der Waals surface area contributed by atoms with Gasteiger partial charge in [-0.1, -0.05) is 35.9 Å². The van der Waals surface area contributed by atoms with Gasteiger partial charge in [0.25, 0.3) is 0 Å². The second-order valence-electron chi connectivity index (χ2n) is 6.14. The van der Waals surface area contributed by atoms with Crippen LogP contribution in [0.4, 0.5) is 4.39 Å². The fourth-order valence-corrected chi connectivity index (χ4v) is 3.34. The van der Waals surface area contributed by atoms with Gasteiger partial charge in [0.2, 0.25) is 5.91 Å². The summed E-state index contributed by atoms with van der Waals surface area (Å²) in [6.45, 7) is 1.58. The minimum absolute atomic E-state index is 0.00903. The molecule has 3 nitrogen and oxygen atoms in total. The number of hydrogen-bond acceptors (Lipinski definition) is 2. The van der Waals surface area contributed by atoms with Crippen molar-refractivity contribution in [2.75, 3.05) is 20.1 Å². The third kappa shape index (κ3) is 3.60. The summed E-state index contributed by atoms with van der Waals surface area (Å²) in [5.74, 6) is -0.197. The molecule has 0 aliphatic carbocycles. The first-order chi connectivity index (χ1) is 11.6. The van der Waals surface area contributed by atoms with Crippen molar-refractivity contribution < 1.29 is 9.18 Å². The highest BCUT2D eigenvalue weighted by molar-refractivity contribution is 6.30. The smallest absolute Gasteiger partial charge is 0.227 e. The quantitative estimate of drug-likeness (QED) is 0.916. The van der Waals surface area contributed by atoms with Crippen LogP contribution < -0.4 is 5.32 Å². The van der Waals surface area contributed by atoms with E-state index in [9.17, 15) is 9.18 Å². The van der Waals surface area contributed by atoms with Crippen LogP contribution in [0.2, 0.25) is 5.02 Å². The van der Waals surface area contributed by atoms with E-state index in [1.807, 2.05) is 31.3 Å². The van der Waals surface area contributed by atoms with Crippen molar-refractivity contribution in [3.63, 3.8) is 0 Å². The number of nitrogens with zero attached hydrogens (tertiary/aromatic N) is 1. The predicted molar refractivity (Wildman–Crippen MR) is 93.4 cm³/mol. The Morgan fingerprint density at radius 1 is 1.17 bits per heavy atom. The molecule has 24 heavy (non-hydrogen) atoms. The number of nitrogens with one attached hydrogen (secondary N) is 1. The highest BCUT2D eigenvalue weighted by atomic mass is 35.5. The van der Waals surface area contributed by atoms with E-state index >= 15 is 0 Å². The second kappa shape index (κ2) is 7.32. The maximum atomic E-state index is 13.3. The molecule has 5 heteroatoms. The molecule has 1 amide bonds. The summed E-state index contributed by atoms with van der Waals surface area (Å²) < 4.78 is 13.3. The lowest BCUT2D eigenvalue weighted by Gasteiger charge is -2.31. The largest absolute Gasteiger partial charge is 0.334 e. The molecular formula is C19H20ClFN2O. The van der Waals surface area contributed by atoms with Gasteiger partial charge in [-0.2, -0.15) is 0 Å². The minimum Gasteiger partial charge on any atom is -0.334 e. The fraction of sp³-hybridized carbons (Fsp3) is 0.316. The zero-order valence-electron chi connectivity index (χ0n) is 13.5. The van der Waals surface area contributed by atoms with E-state index in [4.69, 9.17) is 11.6 Å². The SMILES string of the molecule is CN(C(=O)C1CCNC1)C(c1ccc(F)cc1)c1ccc(Cl)cc1. The average Bonchev–Trinajstić information content (AvgIpc) is 3.12. The maximum absolute atomic E-state index is 13.3. The molecule has 2 aromatic rings. The van der Waals surface area contributed by atoms with E-state index in [0.717, 1.165) is 24.1 Å². The Morgan fingerprint density at radius 2 is 1.75 bits per heavy atom. The average molecular weight is 347 g/mol. The van der Waals surface area contributed by atoms with Crippen LogP contribution in [0.25, 0.3) is 0 Å². The Morgan fingerprint density at radius 3 is 2.29 bits per heavy atom. The van der Waals surface area contributed by atoms with E-state index in [2.05, 4.69) is 5.32 Å². The van der Waals surface area contributed by atoms with Crippen molar-refractivity contribution in [1.29, 1.82) is 0 Å². The molecule has 2 atom stereocenters. The number of benzene rings is 2. The van der Waals surface area contributed by atoms with Crippen molar-refractivity contribution in [2.24, 2.45) is 5.92 Å². The van der Waals surface area contributed by atoms with Gasteiger partial charge in [0, 0.05) is 18.6 Å². The highest BCUT2D eigenvalue weighted by Crippen LogP contribution is 2.30. The van der Waals surface area contributed by atoms with Crippen molar-refractivity contribution in [1.82, 2.24) is 10.2 Å². The van der Waals surface area contributed by atoms with Crippen LogP contribution in [0.15, 0.2) is 48.5 Å². The third-order valence-electron chi connectivity index (χ3n) is 4.52. The summed E-state index contributed by atoms with van der Waals surface area (Å²) in [5, 5.41) is 3.87. The summed E-state index contributed by atoms with van der Waals surface area (Å²) in [6, 6.07) is 13.5. The molecule has 0 saturated carbocycles. The van der Waals surface area contributed by atoms with Gasteiger partial charge in [-0.05, 0) is 48.4 Å². The zero-order valence-corrected chi connectivity index (χ0v) is 14.3. The van der Waals surface area contributed by atoms with Crippen LogP contribution in [0.1, 0.15) is 23.6 Å². The third-order valence-corrected chi connectivity index (χ3v) is 4.77. The van der Waals surface area contributed by atoms with Crippen LogP contribution in [0, 0.1) is 11.7 Å².